The van der Waals surface area contributed by atoms with Crippen molar-refractivity contribution in [2.45, 2.75) is 13.8 Å². The van der Waals surface area contributed by atoms with Crippen molar-refractivity contribution in [1.82, 2.24) is 0 Å². The molecule has 0 spiro atoms. The first-order valence-electron chi connectivity index (χ1n) is 2.65. The average Bonchev–Trinajstić information content (AvgIpc) is 1.87. The van der Waals surface area contributed by atoms with Gasteiger partial charge in [-0.1, -0.05) is 30.7 Å². The van der Waals surface area contributed by atoms with E-state index in [4.69, 9.17) is 0 Å². The Balaban J connectivity index is 0. The van der Waals surface area contributed by atoms with Crippen LogP contribution in [0.4, 0.5) is 0 Å². The zero-order valence-electron chi connectivity index (χ0n) is 6.81. The standard InChI is InChI=1S/C7H10.K.H/c1-6-3-4-7(2)5-6;;/h3-6H,1-2H3;;/q;+1;-1. The van der Waals surface area contributed by atoms with Crippen LogP contribution in [0.1, 0.15) is 15.3 Å². The SMILES string of the molecule is CC1=CC(C)C=C1.[H-].[K+]. The molecular weight excluding hydrogens is 123 g/mol. The summed E-state index contributed by atoms with van der Waals surface area (Å²) in [6.07, 6.45) is 6.61. The Labute approximate surface area is 95.0 Å². The second kappa shape index (κ2) is 4.02. The molecule has 1 unspecified atom stereocenters. The van der Waals surface area contributed by atoms with E-state index in [0.717, 1.165) is 0 Å². The molecule has 1 aliphatic carbocycles. The summed E-state index contributed by atoms with van der Waals surface area (Å²) in [5, 5.41) is 0. The molecule has 0 saturated carbocycles. The molecule has 0 amide bonds. The first-order chi connectivity index (χ1) is 3.29. The normalized spacial score (nSPS) is 24.8. The van der Waals surface area contributed by atoms with Crippen molar-refractivity contribution < 1.29 is 52.8 Å². The molecule has 0 aliphatic heterocycles. The van der Waals surface area contributed by atoms with E-state index in [2.05, 4.69) is 32.1 Å². The Hall–Kier alpha value is 1.12. The van der Waals surface area contributed by atoms with E-state index >= 15 is 0 Å². The minimum Gasteiger partial charge on any atom is -1.00 e. The topological polar surface area (TPSA) is 0 Å². The number of rotatable bonds is 0. The smallest absolute Gasteiger partial charge is 1.00 e. The maximum absolute atomic E-state index is 2.25. The molecule has 0 aromatic carbocycles. The van der Waals surface area contributed by atoms with Gasteiger partial charge in [-0.25, -0.2) is 0 Å². The van der Waals surface area contributed by atoms with Crippen LogP contribution in [0.25, 0.3) is 0 Å². The van der Waals surface area contributed by atoms with Crippen LogP contribution < -0.4 is 51.4 Å². The Kier molecular flexibility index (Phi) is 4.58. The molecule has 0 fully saturated rings. The van der Waals surface area contributed by atoms with Crippen LogP contribution in [0.3, 0.4) is 0 Å². The van der Waals surface area contributed by atoms with Gasteiger partial charge in [0.2, 0.25) is 0 Å². The second-order valence-corrected chi connectivity index (χ2v) is 2.13. The van der Waals surface area contributed by atoms with Gasteiger partial charge in [0, 0.05) is 0 Å². The van der Waals surface area contributed by atoms with Crippen molar-refractivity contribution in [3.05, 3.63) is 23.8 Å². The van der Waals surface area contributed by atoms with E-state index < -0.39 is 0 Å². The predicted molar refractivity (Wildman–Crippen MR) is 33.2 cm³/mol. The zero-order valence-corrected chi connectivity index (χ0v) is 8.93. The van der Waals surface area contributed by atoms with E-state index in [1.807, 2.05) is 0 Å². The van der Waals surface area contributed by atoms with Crippen LogP contribution in [-0.4, -0.2) is 0 Å². The van der Waals surface area contributed by atoms with Gasteiger partial charge in [-0.15, -0.1) is 0 Å². The minimum absolute atomic E-state index is 0. The molecule has 0 radical (unpaired) electrons. The first kappa shape index (κ1) is 9.12. The summed E-state index contributed by atoms with van der Waals surface area (Å²) in [7, 11) is 0. The maximum Gasteiger partial charge on any atom is 1.00 e. The molecule has 0 N–H and O–H groups in total. The van der Waals surface area contributed by atoms with E-state index in [1.54, 1.807) is 0 Å². The van der Waals surface area contributed by atoms with Gasteiger partial charge in [-0.3, -0.25) is 0 Å². The molecule has 40 valence electrons. The van der Waals surface area contributed by atoms with Gasteiger partial charge in [-0.05, 0) is 12.8 Å². The fraction of sp³-hybridized carbons (Fsp3) is 0.429. The third kappa shape index (κ3) is 2.60. The summed E-state index contributed by atoms with van der Waals surface area (Å²) in [4.78, 5) is 0. The number of allylic oxidation sites excluding steroid dienone is 4. The van der Waals surface area contributed by atoms with Gasteiger partial charge in [0.1, 0.15) is 0 Å². The summed E-state index contributed by atoms with van der Waals surface area (Å²) in [6.45, 7) is 4.31. The summed E-state index contributed by atoms with van der Waals surface area (Å²) in [5.41, 5.74) is 1.40. The zero-order chi connectivity index (χ0) is 5.28. The van der Waals surface area contributed by atoms with Crippen molar-refractivity contribution in [1.29, 1.82) is 0 Å². The molecule has 1 heteroatoms. The molecule has 0 saturated heterocycles. The molecular formula is C7H11K. The summed E-state index contributed by atoms with van der Waals surface area (Å²) < 4.78 is 0. The van der Waals surface area contributed by atoms with Crippen molar-refractivity contribution in [2.24, 2.45) is 5.92 Å². The molecule has 0 nitrogen and oxygen atoms in total. The quantitative estimate of drug-likeness (QED) is 0.383. The van der Waals surface area contributed by atoms with Gasteiger partial charge >= 0.3 is 51.4 Å². The first-order valence-corrected chi connectivity index (χ1v) is 2.65. The van der Waals surface area contributed by atoms with Crippen molar-refractivity contribution in [3.8, 4) is 0 Å². The van der Waals surface area contributed by atoms with Crippen LogP contribution in [0.2, 0.25) is 0 Å². The van der Waals surface area contributed by atoms with Crippen LogP contribution in [0.5, 0.6) is 0 Å². The average molecular weight is 134 g/mol. The minimum atomic E-state index is 0. The van der Waals surface area contributed by atoms with Crippen LogP contribution in [-0.2, 0) is 0 Å². The maximum atomic E-state index is 2.25. The van der Waals surface area contributed by atoms with Crippen molar-refractivity contribution in [3.63, 3.8) is 0 Å². The van der Waals surface area contributed by atoms with E-state index in [9.17, 15) is 0 Å². The van der Waals surface area contributed by atoms with Gasteiger partial charge in [0.05, 0.1) is 0 Å². The fourth-order valence-corrected chi connectivity index (χ4v) is 0.829. The van der Waals surface area contributed by atoms with Crippen molar-refractivity contribution >= 4 is 0 Å². The van der Waals surface area contributed by atoms with Gasteiger partial charge in [0.15, 0.2) is 0 Å². The molecule has 0 aromatic rings. The third-order valence-corrected chi connectivity index (χ3v) is 1.19. The second-order valence-electron chi connectivity index (χ2n) is 2.13. The molecule has 0 heterocycles. The number of hydrogen-bond acceptors (Lipinski definition) is 0. The van der Waals surface area contributed by atoms with Gasteiger partial charge in [-0.2, -0.15) is 0 Å². The molecule has 1 aliphatic rings. The van der Waals surface area contributed by atoms with E-state index in [0.29, 0.717) is 5.92 Å². The van der Waals surface area contributed by atoms with E-state index in [-0.39, 0.29) is 52.8 Å². The van der Waals surface area contributed by atoms with Gasteiger partial charge < -0.3 is 1.43 Å². The number of hydrogen-bond donors (Lipinski definition) is 0. The van der Waals surface area contributed by atoms with E-state index in [1.165, 1.54) is 5.57 Å². The van der Waals surface area contributed by atoms with Crippen molar-refractivity contribution in [2.75, 3.05) is 0 Å². The molecule has 1 atom stereocenters. The molecule has 0 bridgehead atoms. The summed E-state index contributed by atoms with van der Waals surface area (Å²) in [5.74, 6) is 0.681. The largest absolute Gasteiger partial charge is 1.00 e. The summed E-state index contributed by atoms with van der Waals surface area (Å²) >= 11 is 0. The molecule has 0 aromatic heterocycles. The Morgan fingerprint density at radius 2 is 2.25 bits per heavy atom. The van der Waals surface area contributed by atoms with Crippen LogP contribution >= 0.6 is 0 Å². The summed E-state index contributed by atoms with van der Waals surface area (Å²) in [6, 6.07) is 0. The predicted octanol–water partition coefficient (Wildman–Crippen LogP) is -0.745. The monoisotopic (exact) mass is 134 g/mol. The molecule has 1 rings (SSSR count). The Morgan fingerprint density at radius 1 is 1.62 bits per heavy atom. The third-order valence-electron chi connectivity index (χ3n) is 1.19. The Morgan fingerprint density at radius 3 is 2.38 bits per heavy atom. The van der Waals surface area contributed by atoms with Crippen LogP contribution in [0, 0.1) is 5.92 Å². The Bertz CT molecular complexity index is 127. The van der Waals surface area contributed by atoms with Crippen LogP contribution in [0.15, 0.2) is 23.8 Å². The van der Waals surface area contributed by atoms with Gasteiger partial charge in [0.25, 0.3) is 0 Å². The fourth-order valence-electron chi connectivity index (χ4n) is 0.829. The molecule has 8 heavy (non-hydrogen) atoms.